The zero-order chi connectivity index (χ0) is 23.1. The molecule has 184 valence electrons. The first kappa shape index (κ1) is 23.8. The molecule has 32 heavy (non-hydrogen) atoms. The lowest BCUT2D eigenvalue weighted by Gasteiger charge is -2.57. The lowest BCUT2D eigenvalue weighted by atomic mass is 9.48. The van der Waals surface area contributed by atoms with Crippen molar-refractivity contribution in [3.05, 3.63) is 0 Å². The van der Waals surface area contributed by atoms with Crippen molar-refractivity contribution in [1.82, 2.24) is 0 Å². The lowest BCUT2D eigenvalue weighted by molar-refractivity contribution is -0.117. The minimum absolute atomic E-state index is 0.147. The van der Waals surface area contributed by atoms with Crippen molar-refractivity contribution in [3.63, 3.8) is 0 Å². The largest absolute Gasteiger partial charge is 0.414 e. The van der Waals surface area contributed by atoms with Gasteiger partial charge in [-0.1, -0.05) is 27.7 Å². The van der Waals surface area contributed by atoms with Gasteiger partial charge in [0, 0.05) is 6.10 Å². The third kappa shape index (κ3) is 3.78. The van der Waals surface area contributed by atoms with Crippen LogP contribution in [0, 0.1) is 40.9 Å². The Bertz CT molecular complexity index is 712. The van der Waals surface area contributed by atoms with Crippen molar-refractivity contribution in [1.29, 1.82) is 0 Å². The highest BCUT2D eigenvalue weighted by molar-refractivity contribution is 6.74. The number of fused-ring (bicyclic) bond motifs is 5. The smallest absolute Gasteiger partial charge is 0.192 e. The van der Waals surface area contributed by atoms with Crippen LogP contribution in [0.3, 0.4) is 0 Å². The van der Waals surface area contributed by atoms with E-state index in [1.54, 1.807) is 0 Å². The highest BCUT2D eigenvalue weighted by Crippen LogP contribution is 2.65. The van der Waals surface area contributed by atoms with E-state index in [-0.39, 0.29) is 11.1 Å². The van der Waals surface area contributed by atoms with Gasteiger partial charge in [-0.05, 0) is 124 Å². The highest BCUT2D eigenvalue weighted by Gasteiger charge is 2.60. The summed E-state index contributed by atoms with van der Waals surface area (Å²) in [5, 5.41) is 11.4. The summed E-state index contributed by atoms with van der Waals surface area (Å²) in [5.41, 5.74) is -0.0425. The molecular weight excluding hydrogens is 412 g/mol. The zero-order valence-corrected chi connectivity index (χ0v) is 23.0. The van der Waals surface area contributed by atoms with Gasteiger partial charge in [-0.3, -0.25) is 0 Å². The fourth-order valence-corrected chi connectivity index (χ4v) is 10.5. The molecule has 1 saturated heterocycles. The summed E-state index contributed by atoms with van der Waals surface area (Å²) in [5.74, 6) is 5.04. The Morgan fingerprint density at radius 2 is 1.66 bits per heavy atom. The second kappa shape index (κ2) is 7.80. The molecule has 0 bridgehead atoms. The zero-order valence-electron chi connectivity index (χ0n) is 22.0. The first-order valence-corrected chi connectivity index (χ1v) is 16.8. The van der Waals surface area contributed by atoms with E-state index in [0.717, 1.165) is 55.0 Å². The van der Waals surface area contributed by atoms with E-state index in [2.05, 4.69) is 47.7 Å². The maximum atomic E-state index is 11.1. The van der Waals surface area contributed by atoms with E-state index in [1.165, 1.54) is 44.9 Å². The standard InChI is InChI=1S/C28H50O3Si/c1-18(31-32(6,7)26(2,3)4)23-10-11-24-22-9-8-19-16-28(29,25-17-30-25)15-13-20(19)21(22)12-14-27(23,24)5/h18-25,29H,8-17H2,1-7H3/t18?,19-,20+,21-,22-,23-,24+,25?,27-,28-/m1/s1. The van der Waals surface area contributed by atoms with Crippen LogP contribution in [0.5, 0.6) is 0 Å². The van der Waals surface area contributed by atoms with Crippen molar-refractivity contribution in [2.75, 3.05) is 6.61 Å². The van der Waals surface area contributed by atoms with Crippen LogP contribution in [-0.2, 0) is 9.16 Å². The number of rotatable bonds is 4. The molecular formula is C28H50O3Si. The van der Waals surface area contributed by atoms with E-state index < -0.39 is 13.9 Å². The molecule has 0 amide bonds. The number of aliphatic hydroxyl groups is 1. The van der Waals surface area contributed by atoms with Crippen molar-refractivity contribution >= 4 is 8.32 Å². The molecule has 1 heterocycles. The van der Waals surface area contributed by atoms with E-state index in [0.29, 0.717) is 11.5 Å². The number of hydrogen-bond acceptors (Lipinski definition) is 3. The monoisotopic (exact) mass is 462 g/mol. The summed E-state index contributed by atoms with van der Waals surface area (Å²) < 4.78 is 12.5. The van der Waals surface area contributed by atoms with Gasteiger partial charge >= 0.3 is 0 Å². The summed E-state index contributed by atoms with van der Waals surface area (Å²) in [7, 11) is -1.73. The Morgan fingerprint density at radius 3 is 2.31 bits per heavy atom. The molecule has 0 aromatic heterocycles. The van der Waals surface area contributed by atoms with Crippen molar-refractivity contribution in [2.45, 2.75) is 128 Å². The Morgan fingerprint density at radius 1 is 0.969 bits per heavy atom. The van der Waals surface area contributed by atoms with E-state index >= 15 is 0 Å². The van der Waals surface area contributed by atoms with Gasteiger partial charge in [-0.2, -0.15) is 0 Å². The summed E-state index contributed by atoms with van der Waals surface area (Å²) in [6.45, 7) is 17.8. The molecule has 0 aromatic carbocycles. The average molecular weight is 463 g/mol. The van der Waals surface area contributed by atoms with Gasteiger partial charge < -0.3 is 14.3 Å². The Balaban J connectivity index is 1.28. The summed E-state index contributed by atoms with van der Waals surface area (Å²) in [6, 6.07) is 0. The fraction of sp³-hybridized carbons (Fsp3) is 1.00. The van der Waals surface area contributed by atoms with Crippen LogP contribution in [0.4, 0.5) is 0 Å². The van der Waals surface area contributed by atoms with Gasteiger partial charge in [0.2, 0.25) is 0 Å². The highest BCUT2D eigenvalue weighted by atomic mass is 28.4. The van der Waals surface area contributed by atoms with Crippen molar-refractivity contribution in [3.8, 4) is 0 Å². The molecule has 0 aromatic rings. The lowest BCUT2D eigenvalue weighted by Crippen LogP contribution is -2.53. The topological polar surface area (TPSA) is 42.0 Å². The Hall–Kier alpha value is 0.0969. The normalized spacial score (nSPS) is 49.7. The van der Waals surface area contributed by atoms with Crippen LogP contribution in [-0.4, -0.2) is 37.8 Å². The summed E-state index contributed by atoms with van der Waals surface area (Å²) in [6.07, 6.45) is 12.1. The second-order valence-corrected chi connectivity index (χ2v) is 19.2. The Labute approximate surface area is 198 Å². The second-order valence-electron chi connectivity index (χ2n) is 14.4. The van der Waals surface area contributed by atoms with Gasteiger partial charge in [-0.25, -0.2) is 0 Å². The van der Waals surface area contributed by atoms with Gasteiger partial charge in [0.15, 0.2) is 8.32 Å². The quantitative estimate of drug-likeness (QED) is 0.369. The molecule has 5 rings (SSSR count). The van der Waals surface area contributed by atoms with Crippen molar-refractivity contribution in [2.24, 2.45) is 40.9 Å². The van der Waals surface area contributed by atoms with Gasteiger partial charge in [0.05, 0.1) is 12.2 Å². The molecule has 4 saturated carbocycles. The molecule has 5 fully saturated rings. The molecule has 1 N–H and O–H groups in total. The van der Waals surface area contributed by atoms with Crippen LogP contribution in [0.15, 0.2) is 0 Å². The number of ether oxygens (including phenoxy) is 1. The molecule has 0 spiro atoms. The van der Waals surface area contributed by atoms with E-state index in [4.69, 9.17) is 9.16 Å². The molecule has 0 radical (unpaired) electrons. The first-order valence-electron chi connectivity index (χ1n) is 13.9. The van der Waals surface area contributed by atoms with Gasteiger partial charge in [0.1, 0.15) is 6.10 Å². The molecule has 10 atom stereocenters. The SMILES string of the molecule is CC(O[Si](C)(C)C(C)(C)C)[C@H]1CC[C@H]2[C@@H]3CC[C@@H]4C[C@@](O)(C5CO5)CC[C@@H]4[C@H]3CC[C@]12C. The number of hydrogen-bond donors (Lipinski definition) is 1. The average Bonchev–Trinajstić information content (AvgIpc) is 3.49. The van der Waals surface area contributed by atoms with Crippen LogP contribution in [0.1, 0.15) is 92.4 Å². The third-order valence-electron chi connectivity index (χ3n) is 11.9. The molecule has 5 aliphatic rings. The summed E-state index contributed by atoms with van der Waals surface area (Å²) in [4.78, 5) is 0. The minimum Gasteiger partial charge on any atom is -0.414 e. The molecule has 3 nitrogen and oxygen atoms in total. The maximum absolute atomic E-state index is 11.1. The predicted octanol–water partition coefficient (Wildman–Crippen LogP) is 6.80. The molecule has 4 aliphatic carbocycles. The Kier molecular flexibility index (Phi) is 5.81. The van der Waals surface area contributed by atoms with Crippen LogP contribution < -0.4 is 0 Å². The first-order chi connectivity index (χ1) is 14.9. The fourth-order valence-electron chi connectivity index (χ4n) is 9.10. The van der Waals surface area contributed by atoms with Crippen molar-refractivity contribution < 1.29 is 14.3 Å². The third-order valence-corrected chi connectivity index (χ3v) is 16.5. The summed E-state index contributed by atoms with van der Waals surface area (Å²) >= 11 is 0. The molecule has 1 aliphatic heterocycles. The number of epoxide rings is 1. The minimum atomic E-state index is -1.73. The van der Waals surface area contributed by atoms with Crippen LogP contribution >= 0.6 is 0 Å². The molecule has 2 unspecified atom stereocenters. The van der Waals surface area contributed by atoms with E-state index in [1.807, 2.05) is 0 Å². The maximum Gasteiger partial charge on any atom is 0.192 e. The van der Waals surface area contributed by atoms with Crippen LogP contribution in [0.25, 0.3) is 0 Å². The van der Waals surface area contributed by atoms with Gasteiger partial charge in [0.25, 0.3) is 0 Å². The van der Waals surface area contributed by atoms with Gasteiger partial charge in [-0.15, -0.1) is 0 Å². The van der Waals surface area contributed by atoms with E-state index in [9.17, 15) is 5.11 Å². The van der Waals surface area contributed by atoms with Crippen LogP contribution in [0.2, 0.25) is 18.1 Å². The predicted molar refractivity (Wildman–Crippen MR) is 133 cm³/mol. The molecule has 4 heteroatoms.